The van der Waals surface area contributed by atoms with Crippen LogP contribution in [0.4, 0.5) is 5.69 Å². The molecule has 0 fully saturated rings. The van der Waals surface area contributed by atoms with Gasteiger partial charge in [0.05, 0.1) is 28.0 Å². The third-order valence-corrected chi connectivity index (χ3v) is 4.89. The summed E-state index contributed by atoms with van der Waals surface area (Å²) in [4.78, 5) is 16.7. The number of H-pyrrole nitrogens is 1. The zero-order valence-electron chi connectivity index (χ0n) is 13.2. The summed E-state index contributed by atoms with van der Waals surface area (Å²) >= 11 is 7.21. The zero-order chi connectivity index (χ0) is 18.1. The third-order valence-electron chi connectivity index (χ3n) is 3.71. The number of halogens is 1. The predicted octanol–water partition coefficient (Wildman–Crippen LogP) is 3.47. The van der Waals surface area contributed by atoms with Crippen molar-refractivity contribution in [3.63, 3.8) is 0 Å². The van der Waals surface area contributed by atoms with Crippen LogP contribution >= 0.6 is 23.4 Å². The van der Waals surface area contributed by atoms with E-state index in [1.807, 2.05) is 34.7 Å². The fourth-order valence-corrected chi connectivity index (χ4v) is 3.50. The van der Waals surface area contributed by atoms with Gasteiger partial charge in [-0.3, -0.25) is 9.20 Å². The van der Waals surface area contributed by atoms with Gasteiger partial charge in [0.1, 0.15) is 6.07 Å². The monoisotopic (exact) mass is 382 g/mol. The molecule has 2 N–H and O–H groups in total. The molecule has 1 amide bonds. The molecule has 0 saturated heterocycles. The van der Waals surface area contributed by atoms with Gasteiger partial charge < -0.3 is 5.32 Å². The smallest absolute Gasteiger partial charge is 0.234 e. The molecule has 7 nitrogen and oxygen atoms in total. The van der Waals surface area contributed by atoms with E-state index in [2.05, 4.69) is 20.5 Å². The first-order valence-corrected chi connectivity index (χ1v) is 8.96. The van der Waals surface area contributed by atoms with Crippen molar-refractivity contribution >= 4 is 51.8 Å². The van der Waals surface area contributed by atoms with Crippen molar-refractivity contribution in [3.05, 3.63) is 53.1 Å². The molecule has 2 aromatic carbocycles. The molecule has 0 aliphatic carbocycles. The van der Waals surface area contributed by atoms with E-state index in [0.29, 0.717) is 27.2 Å². The van der Waals surface area contributed by atoms with E-state index >= 15 is 0 Å². The summed E-state index contributed by atoms with van der Waals surface area (Å²) in [5.41, 5.74) is 2.52. The Labute approximate surface area is 157 Å². The number of hydrogen-bond donors (Lipinski definition) is 2. The minimum absolute atomic E-state index is 0.129. The quantitative estimate of drug-likeness (QED) is 0.526. The summed E-state index contributed by atoms with van der Waals surface area (Å²) in [6.07, 6.45) is 0. The van der Waals surface area contributed by atoms with Crippen LogP contribution in [-0.4, -0.2) is 31.2 Å². The highest BCUT2D eigenvalue weighted by Crippen LogP contribution is 2.24. The van der Waals surface area contributed by atoms with Gasteiger partial charge in [-0.1, -0.05) is 35.5 Å². The Morgan fingerprint density at radius 3 is 3.04 bits per heavy atom. The average molecular weight is 383 g/mol. The lowest BCUT2D eigenvalue weighted by molar-refractivity contribution is -0.113. The molecule has 26 heavy (non-hydrogen) atoms. The maximum Gasteiger partial charge on any atom is 0.234 e. The first-order valence-electron chi connectivity index (χ1n) is 7.59. The number of nitrogens with zero attached hydrogens (tertiary/aromatic N) is 4. The molecule has 2 heterocycles. The molecule has 0 spiro atoms. The van der Waals surface area contributed by atoms with Gasteiger partial charge in [0.2, 0.25) is 11.7 Å². The maximum atomic E-state index is 12.3. The van der Waals surface area contributed by atoms with E-state index in [0.717, 1.165) is 11.0 Å². The number of rotatable bonds is 4. The lowest BCUT2D eigenvalue weighted by atomic mass is 10.2. The molecule has 4 aromatic rings. The van der Waals surface area contributed by atoms with Gasteiger partial charge in [0.25, 0.3) is 0 Å². The molecule has 0 bridgehead atoms. The number of nitriles is 1. The van der Waals surface area contributed by atoms with Crippen LogP contribution in [0.2, 0.25) is 5.02 Å². The minimum Gasteiger partial charge on any atom is -0.324 e. The van der Waals surface area contributed by atoms with E-state index in [9.17, 15) is 4.79 Å². The number of amides is 1. The van der Waals surface area contributed by atoms with E-state index in [1.54, 1.807) is 18.2 Å². The molecule has 0 unspecified atom stereocenters. The van der Waals surface area contributed by atoms with Gasteiger partial charge in [-0.05, 0) is 30.3 Å². The maximum absolute atomic E-state index is 12.3. The molecular formula is C17H11ClN6OS. The van der Waals surface area contributed by atoms with Gasteiger partial charge in [0.15, 0.2) is 5.16 Å². The number of carbonyl (C=O) groups is 1. The standard InChI is InChI=1S/C17H11ClN6OS/c18-11-6-5-10(8-19)13(7-11)20-15(25)9-26-17-23-22-16-21-12-3-1-2-4-14(12)24(16)17/h1-7H,9H2,(H,20,25)(H,21,22). The second-order valence-electron chi connectivity index (χ2n) is 5.40. The average Bonchev–Trinajstić information content (AvgIpc) is 3.19. The van der Waals surface area contributed by atoms with Gasteiger partial charge in [-0.2, -0.15) is 5.26 Å². The van der Waals surface area contributed by atoms with Crippen LogP contribution in [0.5, 0.6) is 0 Å². The minimum atomic E-state index is -0.255. The summed E-state index contributed by atoms with van der Waals surface area (Å²) in [6, 6.07) is 14.5. The number of fused-ring (bicyclic) bond motifs is 3. The van der Waals surface area contributed by atoms with Crippen LogP contribution in [0.15, 0.2) is 47.6 Å². The van der Waals surface area contributed by atoms with Crippen LogP contribution in [0.25, 0.3) is 16.8 Å². The normalized spacial score (nSPS) is 10.9. The van der Waals surface area contributed by atoms with Crippen molar-refractivity contribution < 1.29 is 4.79 Å². The molecule has 4 rings (SSSR count). The molecule has 0 aliphatic rings. The van der Waals surface area contributed by atoms with Crippen LogP contribution in [0, 0.1) is 11.3 Å². The second-order valence-corrected chi connectivity index (χ2v) is 6.78. The Morgan fingerprint density at radius 2 is 2.19 bits per heavy atom. The van der Waals surface area contributed by atoms with E-state index in [-0.39, 0.29) is 11.7 Å². The highest BCUT2D eigenvalue weighted by atomic mass is 35.5. The topological polar surface area (TPSA) is 98.9 Å². The summed E-state index contributed by atoms with van der Waals surface area (Å²) in [7, 11) is 0. The van der Waals surface area contributed by atoms with Crippen LogP contribution in [-0.2, 0) is 4.79 Å². The van der Waals surface area contributed by atoms with Crippen LogP contribution < -0.4 is 5.32 Å². The van der Waals surface area contributed by atoms with Crippen molar-refractivity contribution in [3.8, 4) is 6.07 Å². The fourth-order valence-electron chi connectivity index (χ4n) is 2.57. The van der Waals surface area contributed by atoms with Crippen LogP contribution in [0.3, 0.4) is 0 Å². The molecule has 128 valence electrons. The van der Waals surface area contributed by atoms with Gasteiger partial charge >= 0.3 is 0 Å². The number of benzene rings is 2. The first kappa shape index (κ1) is 16.4. The number of hydrogen-bond acceptors (Lipinski definition) is 5. The molecule has 2 aromatic heterocycles. The number of aromatic nitrogens is 4. The number of thioether (sulfide) groups is 1. The number of carbonyl (C=O) groups excluding carboxylic acids is 1. The Kier molecular flexibility index (Phi) is 4.24. The number of anilines is 1. The lowest BCUT2D eigenvalue weighted by Crippen LogP contribution is -2.15. The van der Waals surface area contributed by atoms with Crippen molar-refractivity contribution in [2.45, 2.75) is 5.16 Å². The van der Waals surface area contributed by atoms with Crippen molar-refractivity contribution in [1.82, 2.24) is 19.6 Å². The van der Waals surface area contributed by atoms with Crippen molar-refractivity contribution in [2.24, 2.45) is 0 Å². The lowest BCUT2D eigenvalue weighted by Gasteiger charge is -2.07. The summed E-state index contributed by atoms with van der Waals surface area (Å²) in [5.74, 6) is 0.495. The van der Waals surface area contributed by atoms with Gasteiger partial charge in [-0.15, -0.1) is 5.10 Å². The Morgan fingerprint density at radius 1 is 1.35 bits per heavy atom. The number of aromatic amines is 1. The molecule has 0 atom stereocenters. The Hall–Kier alpha value is -3.02. The number of imidazole rings is 1. The number of nitrogens with one attached hydrogen (secondary N) is 2. The summed E-state index contributed by atoms with van der Waals surface area (Å²) < 4.78 is 1.87. The zero-order valence-corrected chi connectivity index (χ0v) is 14.8. The van der Waals surface area contributed by atoms with E-state index < -0.39 is 0 Å². The summed E-state index contributed by atoms with van der Waals surface area (Å²) in [6.45, 7) is 0. The Bertz CT molecular complexity index is 1180. The van der Waals surface area contributed by atoms with Crippen LogP contribution in [0.1, 0.15) is 5.56 Å². The second kappa shape index (κ2) is 6.71. The SMILES string of the molecule is N#Cc1ccc(Cl)cc1NC(=O)CSc1n[nH]c2nc3ccccc3n12. The largest absolute Gasteiger partial charge is 0.324 e. The molecule has 9 heteroatoms. The highest BCUT2D eigenvalue weighted by molar-refractivity contribution is 7.99. The van der Waals surface area contributed by atoms with E-state index in [4.69, 9.17) is 16.9 Å². The van der Waals surface area contributed by atoms with Gasteiger partial charge in [-0.25, -0.2) is 10.1 Å². The van der Waals surface area contributed by atoms with Crippen molar-refractivity contribution in [2.75, 3.05) is 11.1 Å². The highest BCUT2D eigenvalue weighted by Gasteiger charge is 2.14. The van der Waals surface area contributed by atoms with Gasteiger partial charge in [0, 0.05) is 5.02 Å². The predicted molar refractivity (Wildman–Crippen MR) is 100 cm³/mol. The first-order chi connectivity index (χ1) is 12.7. The molecule has 0 saturated carbocycles. The third kappa shape index (κ3) is 2.98. The summed E-state index contributed by atoms with van der Waals surface area (Å²) in [5, 5.41) is 20.0. The number of para-hydroxylation sites is 2. The van der Waals surface area contributed by atoms with Crippen molar-refractivity contribution in [1.29, 1.82) is 5.26 Å². The molecule has 0 radical (unpaired) electrons. The van der Waals surface area contributed by atoms with E-state index in [1.165, 1.54) is 11.8 Å². The molecular weight excluding hydrogens is 372 g/mol. The fraction of sp³-hybridized carbons (Fsp3) is 0.0588. The Balaban J connectivity index is 1.53. The molecule has 0 aliphatic heterocycles.